The molecule has 0 bridgehead atoms. The van der Waals surface area contributed by atoms with Gasteiger partial charge in [-0.1, -0.05) is 30.3 Å². The predicted octanol–water partition coefficient (Wildman–Crippen LogP) is 1.73. The molecule has 102 valence electrons. The van der Waals surface area contributed by atoms with Crippen molar-refractivity contribution in [2.24, 2.45) is 5.73 Å². The zero-order chi connectivity index (χ0) is 14.1. The van der Waals surface area contributed by atoms with Gasteiger partial charge in [0.2, 0.25) is 0 Å². The van der Waals surface area contributed by atoms with Gasteiger partial charge in [-0.2, -0.15) is 0 Å². The number of rotatable bonds is 4. The Kier molecular flexibility index (Phi) is 3.02. The molecule has 1 fully saturated rings. The van der Waals surface area contributed by atoms with Gasteiger partial charge in [-0.25, -0.2) is 4.98 Å². The number of benzene rings is 1. The van der Waals surface area contributed by atoms with Gasteiger partial charge in [-0.05, 0) is 24.1 Å². The maximum absolute atomic E-state index is 11.1. The molecule has 0 saturated heterocycles. The summed E-state index contributed by atoms with van der Waals surface area (Å²) in [6, 6.07) is 13.8. The van der Waals surface area contributed by atoms with E-state index in [2.05, 4.69) is 22.4 Å². The summed E-state index contributed by atoms with van der Waals surface area (Å²) >= 11 is 0. The van der Waals surface area contributed by atoms with Crippen LogP contribution in [0.2, 0.25) is 0 Å². The van der Waals surface area contributed by atoms with Crippen LogP contribution in [0, 0.1) is 0 Å². The first-order valence-electron chi connectivity index (χ1n) is 6.53. The maximum Gasteiger partial charge on any atom is 0.267 e. The lowest BCUT2D eigenvalue weighted by Gasteiger charge is -2.09. The molecule has 5 heteroatoms. The number of pyridine rings is 1. The Morgan fingerprint density at radius 3 is 2.65 bits per heavy atom. The van der Waals surface area contributed by atoms with Gasteiger partial charge in [0, 0.05) is 12.0 Å². The maximum atomic E-state index is 11.1. The fraction of sp³-hybridized carbons (Fsp3) is 0.200. The van der Waals surface area contributed by atoms with E-state index < -0.39 is 5.91 Å². The van der Waals surface area contributed by atoms with Crippen LogP contribution in [0.1, 0.15) is 28.4 Å². The Hall–Kier alpha value is -2.56. The van der Waals surface area contributed by atoms with Crippen molar-refractivity contribution in [3.05, 3.63) is 53.7 Å². The highest BCUT2D eigenvalue weighted by molar-refractivity contribution is 5.91. The fourth-order valence-corrected chi connectivity index (χ4v) is 2.32. The predicted molar refractivity (Wildman–Crippen MR) is 78.4 cm³/mol. The fourth-order valence-electron chi connectivity index (χ4n) is 2.32. The molecule has 2 atom stereocenters. The number of hydrogen-bond donors (Lipinski definition) is 3. The van der Waals surface area contributed by atoms with Crippen molar-refractivity contribution in [3.63, 3.8) is 0 Å². The number of aromatic nitrogens is 1. The molecule has 1 amide bonds. The molecule has 2 unspecified atom stereocenters. The first-order chi connectivity index (χ1) is 9.65. The molecule has 1 aliphatic rings. The topological polar surface area (TPSA) is 94.0 Å². The number of carbonyl (C=O) groups excluding carboxylic acids is 1. The normalized spacial score (nSPS) is 20.4. The molecule has 5 nitrogen and oxygen atoms in total. The average molecular weight is 268 g/mol. The monoisotopic (exact) mass is 268 g/mol. The van der Waals surface area contributed by atoms with Crippen molar-refractivity contribution in [1.82, 2.24) is 4.98 Å². The highest BCUT2D eigenvalue weighted by atomic mass is 16.1. The molecular formula is C15H16N4O. The summed E-state index contributed by atoms with van der Waals surface area (Å²) < 4.78 is 0. The van der Waals surface area contributed by atoms with Gasteiger partial charge in [-0.3, -0.25) is 4.79 Å². The molecule has 1 aromatic heterocycles. The summed E-state index contributed by atoms with van der Waals surface area (Å²) in [7, 11) is 0. The van der Waals surface area contributed by atoms with Crippen molar-refractivity contribution in [1.29, 1.82) is 0 Å². The summed E-state index contributed by atoms with van der Waals surface area (Å²) in [6.45, 7) is 0. The number of nitrogens with zero attached hydrogens (tertiary/aromatic N) is 1. The molecule has 3 rings (SSSR count). The van der Waals surface area contributed by atoms with E-state index in [0.717, 1.165) is 6.42 Å². The molecule has 1 saturated carbocycles. The van der Waals surface area contributed by atoms with Crippen molar-refractivity contribution in [2.45, 2.75) is 18.4 Å². The van der Waals surface area contributed by atoms with Crippen LogP contribution in [-0.4, -0.2) is 16.9 Å². The Bertz CT molecular complexity index is 642. The second kappa shape index (κ2) is 4.85. The van der Waals surface area contributed by atoms with E-state index in [1.807, 2.05) is 18.2 Å². The smallest absolute Gasteiger partial charge is 0.267 e. The number of hydrogen-bond acceptors (Lipinski definition) is 4. The lowest BCUT2D eigenvalue weighted by molar-refractivity contribution is 0.0996. The van der Waals surface area contributed by atoms with Crippen LogP contribution in [0.4, 0.5) is 11.5 Å². The van der Waals surface area contributed by atoms with Crippen LogP contribution in [0.15, 0.2) is 42.5 Å². The van der Waals surface area contributed by atoms with Crippen LogP contribution in [-0.2, 0) is 0 Å². The van der Waals surface area contributed by atoms with E-state index in [4.69, 9.17) is 11.5 Å². The van der Waals surface area contributed by atoms with E-state index in [-0.39, 0.29) is 5.69 Å². The Labute approximate surface area is 117 Å². The lowest BCUT2D eigenvalue weighted by Crippen LogP contribution is -2.16. The Balaban J connectivity index is 1.74. The first-order valence-corrected chi connectivity index (χ1v) is 6.53. The third-order valence-corrected chi connectivity index (χ3v) is 3.52. The SMILES string of the molecule is NC(=O)c1ccc(N)c(NC2CC2c2ccccc2)n1. The van der Waals surface area contributed by atoms with Gasteiger partial charge in [0.25, 0.3) is 5.91 Å². The van der Waals surface area contributed by atoms with Crippen LogP contribution in [0.3, 0.4) is 0 Å². The van der Waals surface area contributed by atoms with Crippen LogP contribution in [0.5, 0.6) is 0 Å². The summed E-state index contributed by atoms with van der Waals surface area (Å²) in [5, 5.41) is 3.28. The molecule has 20 heavy (non-hydrogen) atoms. The van der Waals surface area contributed by atoms with Gasteiger partial charge in [0.15, 0.2) is 0 Å². The number of anilines is 2. The minimum atomic E-state index is -0.552. The standard InChI is InChI=1S/C15H16N4O/c16-11-6-7-12(14(17)20)18-15(11)19-13-8-10(13)9-4-2-1-3-5-9/h1-7,10,13H,8,16H2,(H2,17,20)(H,18,19). The van der Waals surface area contributed by atoms with Gasteiger partial charge >= 0.3 is 0 Å². The van der Waals surface area contributed by atoms with E-state index in [1.165, 1.54) is 11.6 Å². The zero-order valence-electron chi connectivity index (χ0n) is 10.9. The third-order valence-electron chi connectivity index (χ3n) is 3.52. The molecule has 5 N–H and O–H groups in total. The minimum absolute atomic E-state index is 0.221. The highest BCUT2D eigenvalue weighted by Gasteiger charge is 2.38. The lowest BCUT2D eigenvalue weighted by atomic mass is 10.1. The van der Waals surface area contributed by atoms with Crippen molar-refractivity contribution < 1.29 is 4.79 Å². The largest absolute Gasteiger partial charge is 0.396 e. The third kappa shape index (κ3) is 2.42. The molecule has 2 aromatic rings. The minimum Gasteiger partial charge on any atom is -0.396 e. The van der Waals surface area contributed by atoms with Crippen molar-refractivity contribution in [2.75, 3.05) is 11.1 Å². The Morgan fingerprint density at radius 2 is 1.95 bits per heavy atom. The van der Waals surface area contributed by atoms with Crippen molar-refractivity contribution in [3.8, 4) is 0 Å². The Morgan fingerprint density at radius 1 is 1.20 bits per heavy atom. The number of amides is 1. The summed E-state index contributed by atoms with van der Waals surface area (Å²) in [6.07, 6.45) is 1.03. The molecule has 0 aliphatic heterocycles. The van der Waals surface area contributed by atoms with E-state index in [0.29, 0.717) is 23.5 Å². The first kappa shape index (κ1) is 12.5. The number of nitrogens with one attached hydrogen (secondary N) is 1. The molecule has 0 radical (unpaired) electrons. The van der Waals surface area contributed by atoms with Crippen LogP contribution >= 0.6 is 0 Å². The zero-order valence-corrected chi connectivity index (χ0v) is 10.9. The molecule has 1 heterocycles. The number of primary amides is 1. The van der Waals surface area contributed by atoms with Crippen molar-refractivity contribution >= 4 is 17.4 Å². The number of nitrogens with two attached hydrogens (primary N) is 2. The van der Waals surface area contributed by atoms with E-state index >= 15 is 0 Å². The van der Waals surface area contributed by atoms with Crippen LogP contribution < -0.4 is 16.8 Å². The van der Waals surface area contributed by atoms with Gasteiger partial charge in [0.1, 0.15) is 11.5 Å². The van der Waals surface area contributed by atoms with E-state index in [9.17, 15) is 4.79 Å². The van der Waals surface area contributed by atoms with Gasteiger partial charge in [-0.15, -0.1) is 0 Å². The molecular weight excluding hydrogens is 252 g/mol. The summed E-state index contributed by atoms with van der Waals surface area (Å²) in [5.41, 5.74) is 13.1. The molecule has 0 spiro atoms. The summed E-state index contributed by atoms with van der Waals surface area (Å²) in [4.78, 5) is 15.3. The van der Waals surface area contributed by atoms with Gasteiger partial charge in [0.05, 0.1) is 5.69 Å². The highest BCUT2D eigenvalue weighted by Crippen LogP contribution is 2.43. The van der Waals surface area contributed by atoms with Crippen LogP contribution in [0.25, 0.3) is 0 Å². The number of nitrogen functional groups attached to an aromatic ring is 1. The molecule has 1 aliphatic carbocycles. The van der Waals surface area contributed by atoms with E-state index in [1.54, 1.807) is 6.07 Å². The quantitative estimate of drug-likeness (QED) is 0.787. The number of carbonyl (C=O) groups is 1. The average Bonchev–Trinajstić information content (AvgIpc) is 3.21. The van der Waals surface area contributed by atoms with Gasteiger partial charge < -0.3 is 16.8 Å². The molecule has 1 aromatic carbocycles. The second-order valence-corrected chi connectivity index (χ2v) is 5.00. The summed E-state index contributed by atoms with van der Waals surface area (Å²) in [5.74, 6) is 0.447. The second-order valence-electron chi connectivity index (χ2n) is 5.00.